The minimum atomic E-state index is -0.529. The van der Waals surface area contributed by atoms with E-state index in [1.807, 2.05) is 32.9 Å². The van der Waals surface area contributed by atoms with Gasteiger partial charge in [-0.25, -0.2) is 4.79 Å². The molecule has 0 fully saturated rings. The Labute approximate surface area is 177 Å². The topological polar surface area (TPSA) is 91.2 Å². The molecule has 0 aliphatic rings. The molecule has 1 aromatic carbocycles. The highest BCUT2D eigenvalue weighted by Crippen LogP contribution is 2.12. The van der Waals surface area contributed by atoms with E-state index >= 15 is 0 Å². The molecule has 6 nitrogen and oxygen atoms in total. The molecule has 1 aromatic rings. The van der Waals surface area contributed by atoms with Gasteiger partial charge in [-0.15, -0.1) is 9.24 Å². The van der Waals surface area contributed by atoms with E-state index in [1.54, 1.807) is 0 Å². The molecule has 0 heterocycles. The van der Waals surface area contributed by atoms with Gasteiger partial charge in [0.05, 0.1) is 6.07 Å². The van der Waals surface area contributed by atoms with Crippen LogP contribution in [0.4, 0.5) is 4.79 Å². The molecule has 0 radical (unpaired) electrons. The number of alkyl carbamates (subject to hydrolysis) is 1. The average Bonchev–Trinajstić information content (AvgIpc) is 2.63. The van der Waals surface area contributed by atoms with Gasteiger partial charge in [-0.05, 0) is 51.2 Å². The van der Waals surface area contributed by atoms with Crippen molar-refractivity contribution < 1.29 is 14.3 Å². The number of nitrogens with one attached hydrogen (secondary N) is 2. The fourth-order valence-corrected chi connectivity index (χ4v) is 3.09. The molecule has 2 N–H and O–H groups in total. The van der Waals surface area contributed by atoms with Gasteiger partial charge in [0.2, 0.25) is 5.91 Å². The molecule has 2 unspecified atom stereocenters. The van der Waals surface area contributed by atoms with Crippen LogP contribution in [0, 0.1) is 11.3 Å². The van der Waals surface area contributed by atoms with E-state index in [-0.39, 0.29) is 11.7 Å². The number of nitriles is 1. The molecule has 7 heteroatoms. The monoisotopic (exact) mass is 419 g/mol. The van der Waals surface area contributed by atoms with Gasteiger partial charge in [-0.1, -0.05) is 37.6 Å². The number of ether oxygens (including phenoxy) is 1. The number of nitrogens with zero attached hydrogens (tertiary/aromatic N) is 1. The maximum Gasteiger partial charge on any atom is 0.408 e. The third-order valence-corrected chi connectivity index (χ3v) is 4.73. The second-order valence-electron chi connectivity index (χ2n) is 8.12. The van der Waals surface area contributed by atoms with E-state index in [9.17, 15) is 14.9 Å². The molecule has 2 amide bonds. The van der Waals surface area contributed by atoms with Crippen LogP contribution in [0.2, 0.25) is 0 Å². The lowest BCUT2D eigenvalue weighted by molar-refractivity contribution is -0.121. The van der Waals surface area contributed by atoms with Crippen molar-refractivity contribution in [3.05, 3.63) is 35.4 Å². The number of amides is 2. The number of unbranched alkanes of at least 4 members (excludes halogenated alkanes) is 1. The molecule has 0 spiro atoms. The number of benzene rings is 1. The molecule has 0 aliphatic heterocycles. The number of carbonyl (C=O) groups is 2. The smallest absolute Gasteiger partial charge is 0.408 e. The molecule has 0 aliphatic carbocycles. The minimum absolute atomic E-state index is 0.106. The van der Waals surface area contributed by atoms with Crippen LogP contribution in [-0.4, -0.2) is 29.4 Å². The minimum Gasteiger partial charge on any atom is -0.444 e. The predicted octanol–water partition coefficient (Wildman–Crippen LogP) is 4.09. The summed E-state index contributed by atoms with van der Waals surface area (Å²) in [6.07, 6.45) is 3.59. The van der Waals surface area contributed by atoms with Crippen molar-refractivity contribution >= 4 is 21.2 Å². The van der Waals surface area contributed by atoms with Crippen molar-refractivity contribution in [3.63, 3.8) is 0 Å². The average molecular weight is 420 g/mol. The Balaban J connectivity index is 2.27. The lowest BCUT2D eigenvalue weighted by Crippen LogP contribution is -2.36. The maximum absolute atomic E-state index is 12.1. The van der Waals surface area contributed by atoms with Crippen LogP contribution in [0.3, 0.4) is 0 Å². The second-order valence-corrected chi connectivity index (χ2v) is 8.93. The summed E-state index contributed by atoms with van der Waals surface area (Å²) in [6.45, 7) is 7.55. The summed E-state index contributed by atoms with van der Waals surface area (Å²) in [5, 5.41) is 14.9. The highest BCUT2D eigenvalue weighted by atomic mass is 31.0. The van der Waals surface area contributed by atoms with Crippen LogP contribution in [-0.2, 0) is 22.4 Å². The van der Waals surface area contributed by atoms with Gasteiger partial charge in [-0.2, -0.15) is 5.26 Å². The summed E-state index contributed by atoms with van der Waals surface area (Å²) in [7, 11) is 2.57. The van der Waals surface area contributed by atoms with Crippen molar-refractivity contribution in [2.24, 2.45) is 0 Å². The number of rotatable bonds is 10. The van der Waals surface area contributed by atoms with E-state index < -0.39 is 17.7 Å². The Morgan fingerprint density at radius 3 is 2.31 bits per heavy atom. The zero-order valence-electron chi connectivity index (χ0n) is 18.0. The van der Waals surface area contributed by atoms with E-state index in [4.69, 9.17) is 4.74 Å². The molecule has 0 bridgehead atoms. The SMILES string of the molecule is CCc1ccc(CC(C#N)NC(=O)CCCC[C@H](P)NC(=O)OC(C)(C)C)cc1. The van der Waals surface area contributed by atoms with Gasteiger partial charge in [0.25, 0.3) is 0 Å². The van der Waals surface area contributed by atoms with Crippen molar-refractivity contribution in [1.29, 1.82) is 5.26 Å². The van der Waals surface area contributed by atoms with Crippen molar-refractivity contribution in [3.8, 4) is 6.07 Å². The standard InChI is InChI=1S/C22H34N3O3P/c1-5-16-10-12-17(13-11-16)14-18(15-23)24-19(26)8-6-7-9-20(29)25-21(27)28-22(2,3)4/h10-13,18,20H,5-9,14,29H2,1-4H3,(H,24,26)(H,25,27)/t18?,20-/m0/s1. The molecule has 0 saturated carbocycles. The van der Waals surface area contributed by atoms with Gasteiger partial charge in [-0.3, -0.25) is 4.79 Å². The first-order valence-corrected chi connectivity index (χ1v) is 10.8. The van der Waals surface area contributed by atoms with E-state index in [2.05, 4.69) is 45.0 Å². The van der Waals surface area contributed by atoms with Crippen LogP contribution in [0.15, 0.2) is 24.3 Å². The Kier molecular flexibility index (Phi) is 10.7. The third kappa shape index (κ3) is 11.5. The van der Waals surface area contributed by atoms with Crippen molar-refractivity contribution in [2.45, 2.75) is 83.6 Å². The number of aryl methyl sites for hydroxylation is 1. The summed E-state index contributed by atoms with van der Waals surface area (Å²) in [6, 6.07) is 9.75. The van der Waals surface area contributed by atoms with Crippen molar-refractivity contribution in [2.75, 3.05) is 0 Å². The van der Waals surface area contributed by atoms with E-state index in [0.29, 0.717) is 19.3 Å². The van der Waals surface area contributed by atoms with Gasteiger partial charge < -0.3 is 15.4 Å². The molecule has 29 heavy (non-hydrogen) atoms. The van der Waals surface area contributed by atoms with Gasteiger partial charge in [0.1, 0.15) is 11.6 Å². The number of hydrogen-bond donors (Lipinski definition) is 2. The summed E-state index contributed by atoms with van der Waals surface area (Å²) >= 11 is 0. The first kappa shape index (κ1) is 24.9. The normalized spacial score (nSPS) is 13.1. The van der Waals surface area contributed by atoms with Gasteiger partial charge >= 0.3 is 6.09 Å². The Hall–Kier alpha value is -2.12. The molecule has 160 valence electrons. The van der Waals surface area contributed by atoms with Crippen LogP contribution < -0.4 is 10.6 Å². The zero-order valence-corrected chi connectivity index (χ0v) is 19.1. The van der Waals surface area contributed by atoms with Crippen LogP contribution in [0.5, 0.6) is 0 Å². The highest BCUT2D eigenvalue weighted by molar-refractivity contribution is 7.17. The largest absolute Gasteiger partial charge is 0.444 e. The number of carbonyl (C=O) groups excluding carboxylic acids is 2. The van der Waals surface area contributed by atoms with Gasteiger partial charge in [0.15, 0.2) is 0 Å². The summed E-state index contributed by atoms with van der Waals surface area (Å²) in [5.74, 6) is -0.229. The lowest BCUT2D eigenvalue weighted by Gasteiger charge is -2.21. The van der Waals surface area contributed by atoms with Gasteiger partial charge in [0, 0.05) is 18.6 Å². The Morgan fingerprint density at radius 2 is 1.76 bits per heavy atom. The molecular weight excluding hydrogens is 385 g/mol. The molecular formula is C22H34N3O3P. The van der Waals surface area contributed by atoms with Crippen LogP contribution in [0.1, 0.15) is 64.5 Å². The van der Waals surface area contributed by atoms with Crippen molar-refractivity contribution in [1.82, 2.24) is 10.6 Å². The summed E-state index contributed by atoms with van der Waals surface area (Å²) < 4.78 is 5.21. The Bertz CT molecular complexity index is 693. The van der Waals surface area contributed by atoms with Crippen LogP contribution >= 0.6 is 9.24 Å². The highest BCUT2D eigenvalue weighted by Gasteiger charge is 2.17. The Morgan fingerprint density at radius 1 is 1.14 bits per heavy atom. The molecule has 1 rings (SSSR count). The molecule has 0 aromatic heterocycles. The fourth-order valence-electron chi connectivity index (χ4n) is 2.72. The zero-order chi connectivity index (χ0) is 21.9. The maximum atomic E-state index is 12.1. The first-order chi connectivity index (χ1) is 13.6. The van der Waals surface area contributed by atoms with E-state index in [1.165, 1.54) is 5.56 Å². The summed E-state index contributed by atoms with van der Waals surface area (Å²) in [5.41, 5.74) is 1.76. The predicted molar refractivity (Wildman–Crippen MR) is 118 cm³/mol. The number of hydrogen-bond acceptors (Lipinski definition) is 4. The second kappa shape index (κ2) is 12.4. The van der Waals surface area contributed by atoms with Crippen LogP contribution in [0.25, 0.3) is 0 Å². The quantitative estimate of drug-likeness (QED) is 0.441. The third-order valence-electron chi connectivity index (χ3n) is 4.23. The molecule has 3 atom stereocenters. The first-order valence-electron chi connectivity index (χ1n) is 10.1. The lowest BCUT2D eigenvalue weighted by atomic mass is 10.0. The summed E-state index contributed by atoms with van der Waals surface area (Å²) in [4.78, 5) is 23.8. The fraction of sp³-hybridized carbons (Fsp3) is 0.591. The molecule has 0 saturated heterocycles. The van der Waals surface area contributed by atoms with E-state index in [0.717, 1.165) is 24.8 Å².